The highest BCUT2D eigenvalue weighted by atomic mass is 32.1. The Morgan fingerprint density at radius 1 is 1.09 bits per heavy atom. The summed E-state index contributed by atoms with van der Waals surface area (Å²) in [5.41, 5.74) is 4.25. The molecule has 2 saturated heterocycles. The maximum absolute atomic E-state index is 12.9. The first kappa shape index (κ1) is 14.6. The average molecular weight is 327 g/mol. The molecule has 2 aromatic rings. The van der Waals surface area contributed by atoms with Crippen LogP contribution in [0.4, 0.5) is 0 Å². The molecule has 1 N–H and O–H groups in total. The lowest BCUT2D eigenvalue weighted by Crippen LogP contribution is -2.42. The zero-order valence-electron chi connectivity index (χ0n) is 12.7. The van der Waals surface area contributed by atoms with Crippen LogP contribution in [0.3, 0.4) is 0 Å². The van der Waals surface area contributed by atoms with Crippen LogP contribution < -0.4 is 5.43 Å². The molecule has 0 aliphatic carbocycles. The minimum Gasteiger partial charge on any atom is -0.276 e. The lowest BCUT2D eigenvalue weighted by atomic mass is 9.95. The number of amides is 2. The largest absolute Gasteiger partial charge is 0.276 e. The quantitative estimate of drug-likeness (QED) is 0.874. The fourth-order valence-electron chi connectivity index (χ4n) is 3.48. The summed E-state index contributed by atoms with van der Waals surface area (Å²) < 4.78 is 0. The molecule has 3 atom stereocenters. The highest BCUT2D eigenvalue weighted by Crippen LogP contribution is 2.41. The molecule has 2 fully saturated rings. The van der Waals surface area contributed by atoms with Crippen LogP contribution in [0.25, 0.3) is 0 Å². The third kappa shape index (κ3) is 2.30. The first-order valence-corrected chi connectivity index (χ1v) is 8.46. The van der Waals surface area contributed by atoms with Crippen molar-refractivity contribution in [1.29, 1.82) is 0 Å². The van der Waals surface area contributed by atoms with Gasteiger partial charge in [0.2, 0.25) is 11.8 Å². The molecule has 0 saturated carbocycles. The van der Waals surface area contributed by atoms with Crippen molar-refractivity contribution in [3.8, 4) is 0 Å². The number of fused-ring (bicyclic) bond motifs is 1. The number of thiophene rings is 1. The van der Waals surface area contributed by atoms with Crippen molar-refractivity contribution in [2.75, 3.05) is 7.05 Å². The van der Waals surface area contributed by atoms with E-state index < -0.39 is 6.04 Å². The fourth-order valence-corrected chi connectivity index (χ4v) is 4.30. The number of benzene rings is 1. The zero-order valence-corrected chi connectivity index (χ0v) is 13.5. The van der Waals surface area contributed by atoms with Crippen molar-refractivity contribution in [2.45, 2.75) is 18.6 Å². The Morgan fingerprint density at radius 3 is 2.57 bits per heavy atom. The molecule has 0 spiro atoms. The number of nitrogens with one attached hydrogen (secondary N) is 1. The molecular weight excluding hydrogens is 310 g/mol. The third-order valence-corrected chi connectivity index (χ3v) is 5.52. The molecule has 0 unspecified atom stereocenters. The molecular formula is C17H17N3O2S. The number of likely N-dealkylation sites (N-methyl/N-ethyl adjacent to an activating group) is 1. The number of nitrogens with zero attached hydrogens (tertiary/aromatic N) is 2. The van der Waals surface area contributed by atoms with Crippen LogP contribution in [-0.4, -0.2) is 34.8 Å². The van der Waals surface area contributed by atoms with Crippen LogP contribution in [0.2, 0.25) is 0 Å². The Hall–Kier alpha value is -2.02. The molecule has 3 heterocycles. The second-order valence-corrected chi connectivity index (χ2v) is 6.93. The van der Waals surface area contributed by atoms with Gasteiger partial charge in [-0.2, -0.15) is 0 Å². The maximum Gasteiger partial charge on any atom is 0.249 e. The van der Waals surface area contributed by atoms with Gasteiger partial charge in [0, 0.05) is 11.9 Å². The van der Waals surface area contributed by atoms with E-state index in [2.05, 4.69) is 5.43 Å². The Morgan fingerprint density at radius 2 is 1.87 bits per heavy atom. The van der Waals surface area contributed by atoms with Gasteiger partial charge in [0.05, 0.1) is 18.5 Å². The summed E-state index contributed by atoms with van der Waals surface area (Å²) >= 11 is 1.61. The van der Waals surface area contributed by atoms with E-state index in [0.717, 1.165) is 10.4 Å². The Balaban J connectivity index is 1.64. The number of carbonyl (C=O) groups is 2. The van der Waals surface area contributed by atoms with Crippen molar-refractivity contribution in [3.05, 3.63) is 58.3 Å². The van der Waals surface area contributed by atoms with E-state index >= 15 is 0 Å². The van der Waals surface area contributed by atoms with Crippen molar-refractivity contribution >= 4 is 23.2 Å². The number of likely N-dealkylation sites (tertiary alicyclic amines) is 1. The molecule has 6 heteroatoms. The summed E-state index contributed by atoms with van der Waals surface area (Å²) in [6, 6.07) is 13.1. The molecule has 2 amide bonds. The number of hydrazine groups is 1. The molecule has 1 aromatic carbocycles. The predicted molar refractivity (Wildman–Crippen MR) is 87.2 cm³/mol. The van der Waals surface area contributed by atoms with Gasteiger partial charge in [0.25, 0.3) is 0 Å². The van der Waals surface area contributed by atoms with Gasteiger partial charge in [-0.3, -0.25) is 14.5 Å². The minimum atomic E-state index is -0.418. The SMILES string of the molecule is CN1N[C@H](c2cccs2)[C@H]2C(=O)N(Cc3ccccc3)C(=O)[C@@H]21. The zero-order chi connectivity index (χ0) is 16.0. The van der Waals surface area contributed by atoms with Crippen LogP contribution in [0.15, 0.2) is 47.8 Å². The van der Waals surface area contributed by atoms with Crippen molar-refractivity contribution in [3.63, 3.8) is 0 Å². The van der Waals surface area contributed by atoms with E-state index in [4.69, 9.17) is 0 Å². The summed E-state index contributed by atoms with van der Waals surface area (Å²) in [5.74, 6) is -0.549. The Kier molecular flexibility index (Phi) is 3.52. The molecule has 1 aromatic heterocycles. The molecule has 5 nitrogen and oxygen atoms in total. The van der Waals surface area contributed by atoms with E-state index in [1.54, 1.807) is 16.3 Å². The fraction of sp³-hybridized carbons (Fsp3) is 0.294. The second kappa shape index (κ2) is 5.56. The van der Waals surface area contributed by atoms with Gasteiger partial charge in [-0.25, -0.2) is 10.4 Å². The van der Waals surface area contributed by atoms with Crippen LogP contribution in [-0.2, 0) is 16.1 Å². The van der Waals surface area contributed by atoms with Gasteiger partial charge in [0.15, 0.2) is 0 Å². The normalized spacial score (nSPS) is 27.7. The lowest BCUT2D eigenvalue weighted by molar-refractivity contribution is -0.142. The molecule has 0 bridgehead atoms. The molecule has 4 rings (SSSR count). The molecule has 118 valence electrons. The molecule has 2 aliphatic heterocycles. The molecule has 2 aliphatic rings. The van der Waals surface area contributed by atoms with E-state index in [1.807, 2.05) is 54.9 Å². The van der Waals surface area contributed by atoms with E-state index in [0.29, 0.717) is 6.54 Å². The van der Waals surface area contributed by atoms with Gasteiger partial charge in [-0.1, -0.05) is 36.4 Å². The van der Waals surface area contributed by atoms with Crippen LogP contribution in [0.5, 0.6) is 0 Å². The first-order chi connectivity index (χ1) is 11.2. The van der Waals surface area contributed by atoms with E-state index in [9.17, 15) is 9.59 Å². The third-order valence-electron chi connectivity index (χ3n) is 4.56. The van der Waals surface area contributed by atoms with E-state index in [-0.39, 0.29) is 23.8 Å². The van der Waals surface area contributed by atoms with E-state index in [1.165, 1.54) is 4.90 Å². The lowest BCUT2D eigenvalue weighted by Gasteiger charge is -2.21. The smallest absolute Gasteiger partial charge is 0.249 e. The topological polar surface area (TPSA) is 52.7 Å². The highest BCUT2D eigenvalue weighted by Gasteiger charge is 2.57. The number of rotatable bonds is 3. The average Bonchev–Trinajstić information content (AvgIpc) is 3.24. The van der Waals surface area contributed by atoms with Gasteiger partial charge >= 0.3 is 0 Å². The van der Waals surface area contributed by atoms with Gasteiger partial charge in [-0.05, 0) is 17.0 Å². The summed E-state index contributed by atoms with van der Waals surface area (Å²) in [4.78, 5) is 28.1. The monoisotopic (exact) mass is 327 g/mol. The summed E-state index contributed by atoms with van der Waals surface area (Å²) in [5, 5.41) is 3.79. The molecule has 0 radical (unpaired) electrons. The number of hydrogen-bond donors (Lipinski definition) is 1. The van der Waals surface area contributed by atoms with Crippen LogP contribution >= 0.6 is 11.3 Å². The van der Waals surface area contributed by atoms with Crippen LogP contribution in [0.1, 0.15) is 16.5 Å². The minimum absolute atomic E-state index is 0.0842. The first-order valence-electron chi connectivity index (χ1n) is 7.58. The maximum atomic E-state index is 12.9. The second-order valence-electron chi connectivity index (χ2n) is 5.95. The Bertz CT molecular complexity index is 732. The highest BCUT2D eigenvalue weighted by molar-refractivity contribution is 7.10. The molecule has 23 heavy (non-hydrogen) atoms. The van der Waals surface area contributed by atoms with Gasteiger partial charge in [0.1, 0.15) is 6.04 Å². The summed E-state index contributed by atoms with van der Waals surface area (Å²) in [7, 11) is 1.84. The number of carbonyl (C=O) groups excluding carboxylic acids is 2. The van der Waals surface area contributed by atoms with Crippen molar-refractivity contribution < 1.29 is 9.59 Å². The number of hydrogen-bond acceptors (Lipinski definition) is 5. The van der Waals surface area contributed by atoms with Crippen molar-refractivity contribution in [1.82, 2.24) is 15.3 Å². The Labute approximate surface area is 138 Å². The standard InChI is InChI=1S/C17H17N3O2S/c1-19-15-13(14(18-19)12-8-5-9-23-12)16(21)20(17(15)22)10-11-6-3-2-4-7-11/h2-9,13-15,18H,10H2,1H3/t13-,14-,15-/m1/s1. The number of imide groups is 1. The van der Waals surface area contributed by atoms with Crippen LogP contribution in [0, 0.1) is 5.92 Å². The van der Waals surface area contributed by atoms with Gasteiger partial charge < -0.3 is 0 Å². The summed E-state index contributed by atoms with van der Waals surface area (Å²) in [6.07, 6.45) is 0. The van der Waals surface area contributed by atoms with Gasteiger partial charge in [-0.15, -0.1) is 11.3 Å². The van der Waals surface area contributed by atoms with Crippen molar-refractivity contribution in [2.24, 2.45) is 5.92 Å². The predicted octanol–water partition coefficient (Wildman–Crippen LogP) is 1.79. The summed E-state index contributed by atoms with van der Waals surface area (Å²) in [6.45, 7) is 0.344.